The Hall–Kier alpha value is -0.691. The molecular formula is C2H4BeN2O. The second-order valence-electron chi connectivity index (χ2n) is 0.578. The topological polar surface area (TPSA) is 38.9 Å². The van der Waals surface area contributed by atoms with Crippen molar-refractivity contribution in [2.24, 2.45) is 0 Å². The van der Waals surface area contributed by atoms with Crippen molar-refractivity contribution in [2.45, 2.75) is 0 Å². The summed E-state index contributed by atoms with van der Waals surface area (Å²) in [4.78, 5) is 0. The number of rotatable bonds is 0. The predicted molar refractivity (Wildman–Crippen MR) is 22.8 cm³/mol. The molecule has 0 unspecified atom stereocenters. The molecule has 3 nitrogen and oxygen atoms in total. The molecule has 6 heavy (non-hydrogen) atoms. The quantitative estimate of drug-likeness (QED) is 0.382. The van der Waals surface area contributed by atoms with Crippen LogP contribution in [0.5, 0.6) is 0 Å². The predicted octanol–water partition coefficient (Wildman–Crippen LogP) is -0.847. The molecular weight excluding hydrogens is 77.0 g/mol. The Kier molecular flexibility index (Phi) is 2.25. The van der Waals surface area contributed by atoms with Gasteiger partial charge in [-0.25, -0.2) is 0 Å². The van der Waals surface area contributed by atoms with E-state index in [-0.39, 0.29) is 10.1 Å². The fourth-order valence-electron chi connectivity index (χ4n) is 0.136. The molecule has 0 spiro atoms. The molecule has 0 N–H and O–H groups in total. The van der Waals surface area contributed by atoms with Crippen LogP contribution in [0.3, 0.4) is 0 Å². The van der Waals surface area contributed by atoms with Gasteiger partial charge >= 0.3 is 10.1 Å². The summed E-state index contributed by atoms with van der Waals surface area (Å²) >= 11 is 0. The summed E-state index contributed by atoms with van der Waals surface area (Å²) in [7, 11) is 0. The second kappa shape index (κ2) is 2.54. The summed E-state index contributed by atoms with van der Waals surface area (Å²) in [5.41, 5.74) is 0. The SMILES string of the molecule is [BeH2].c1nnco1. The molecule has 0 saturated carbocycles. The molecule has 0 aromatic carbocycles. The molecule has 1 heterocycles. The molecule has 0 radical (unpaired) electrons. The van der Waals surface area contributed by atoms with Gasteiger partial charge in [-0.15, -0.1) is 10.2 Å². The zero-order valence-corrected chi connectivity index (χ0v) is 2.46. The first kappa shape index (κ1) is 5.31. The van der Waals surface area contributed by atoms with E-state index in [1.165, 1.54) is 12.8 Å². The Balaban J connectivity index is 0.000000250. The summed E-state index contributed by atoms with van der Waals surface area (Å²) in [6, 6.07) is 0. The van der Waals surface area contributed by atoms with Crippen molar-refractivity contribution < 1.29 is 4.42 Å². The molecule has 0 bridgehead atoms. The summed E-state index contributed by atoms with van der Waals surface area (Å²) in [6.45, 7) is 0. The van der Waals surface area contributed by atoms with Crippen LogP contribution in [0.4, 0.5) is 0 Å². The first-order valence-corrected chi connectivity index (χ1v) is 1.19. The van der Waals surface area contributed by atoms with E-state index in [4.69, 9.17) is 0 Å². The monoisotopic (exact) mass is 81.0 g/mol. The standard InChI is InChI=1S/C2H2N2O.Be.2H/c1-3-4-2-5-1;;;/h1-2H;;;. The van der Waals surface area contributed by atoms with Gasteiger partial charge in [-0.3, -0.25) is 0 Å². The molecule has 1 rings (SSSR count). The Morgan fingerprint density at radius 2 is 1.67 bits per heavy atom. The van der Waals surface area contributed by atoms with Crippen LogP contribution >= 0.6 is 0 Å². The van der Waals surface area contributed by atoms with Crippen LogP contribution in [0, 0.1) is 0 Å². The molecule has 1 aromatic rings. The van der Waals surface area contributed by atoms with Crippen LogP contribution in [0.2, 0.25) is 0 Å². The van der Waals surface area contributed by atoms with Gasteiger partial charge in [0.15, 0.2) is 0 Å². The average Bonchev–Trinajstić information content (AvgIpc) is 1.76. The molecule has 30 valence electrons. The molecule has 4 heteroatoms. The molecule has 1 aromatic heterocycles. The number of hydrogen-bond donors (Lipinski definition) is 0. The minimum atomic E-state index is 0. The normalized spacial score (nSPS) is 6.67. The van der Waals surface area contributed by atoms with Crippen molar-refractivity contribution >= 4 is 10.1 Å². The van der Waals surface area contributed by atoms with E-state index in [9.17, 15) is 0 Å². The van der Waals surface area contributed by atoms with E-state index in [2.05, 4.69) is 14.6 Å². The van der Waals surface area contributed by atoms with Crippen LogP contribution in [-0.2, 0) is 0 Å². The summed E-state index contributed by atoms with van der Waals surface area (Å²) in [5.74, 6) is 0. The van der Waals surface area contributed by atoms with E-state index >= 15 is 0 Å². The van der Waals surface area contributed by atoms with Crippen molar-refractivity contribution in [2.75, 3.05) is 0 Å². The first-order chi connectivity index (χ1) is 2.50. The van der Waals surface area contributed by atoms with Crippen molar-refractivity contribution in [3.8, 4) is 0 Å². The minimum Gasteiger partial charge on any atom is -0.431 e. The zero-order valence-electron chi connectivity index (χ0n) is 2.46. The maximum Gasteiger partial charge on any atom is 0.203 e. The summed E-state index contributed by atoms with van der Waals surface area (Å²) in [6.07, 6.45) is 2.53. The van der Waals surface area contributed by atoms with Gasteiger partial charge < -0.3 is 4.42 Å². The van der Waals surface area contributed by atoms with E-state index in [1.54, 1.807) is 0 Å². The summed E-state index contributed by atoms with van der Waals surface area (Å²) in [5, 5.41) is 6.61. The fraction of sp³-hybridized carbons (Fsp3) is 0. The van der Waals surface area contributed by atoms with Gasteiger partial charge in [0, 0.05) is 0 Å². The van der Waals surface area contributed by atoms with Gasteiger partial charge in [-0.2, -0.15) is 0 Å². The van der Waals surface area contributed by atoms with Gasteiger partial charge in [0.05, 0.1) is 0 Å². The van der Waals surface area contributed by atoms with Crippen LogP contribution in [0.1, 0.15) is 0 Å². The van der Waals surface area contributed by atoms with Crippen molar-refractivity contribution in [3.63, 3.8) is 0 Å². The molecule has 0 atom stereocenters. The van der Waals surface area contributed by atoms with Gasteiger partial charge in [-0.1, -0.05) is 0 Å². The average molecular weight is 81.1 g/mol. The molecule has 0 saturated heterocycles. The van der Waals surface area contributed by atoms with E-state index in [0.717, 1.165) is 0 Å². The van der Waals surface area contributed by atoms with Crippen molar-refractivity contribution in [1.29, 1.82) is 0 Å². The van der Waals surface area contributed by atoms with Crippen molar-refractivity contribution in [1.82, 2.24) is 10.2 Å². The summed E-state index contributed by atoms with van der Waals surface area (Å²) < 4.78 is 4.36. The van der Waals surface area contributed by atoms with E-state index in [1.807, 2.05) is 0 Å². The fourth-order valence-corrected chi connectivity index (χ4v) is 0.136. The van der Waals surface area contributed by atoms with Gasteiger partial charge in [-0.05, 0) is 0 Å². The van der Waals surface area contributed by atoms with Gasteiger partial charge in [0.2, 0.25) is 12.8 Å². The largest absolute Gasteiger partial charge is 0.431 e. The van der Waals surface area contributed by atoms with Gasteiger partial charge in [0.25, 0.3) is 0 Å². The van der Waals surface area contributed by atoms with Crippen molar-refractivity contribution in [3.05, 3.63) is 12.8 Å². The Morgan fingerprint density at radius 1 is 1.17 bits per heavy atom. The first-order valence-electron chi connectivity index (χ1n) is 1.19. The third-order valence-electron chi connectivity index (χ3n) is 0.283. The maximum absolute atomic E-state index is 4.36. The zero-order chi connectivity index (χ0) is 3.54. The van der Waals surface area contributed by atoms with Gasteiger partial charge in [0.1, 0.15) is 0 Å². The Labute approximate surface area is 38.6 Å². The molecule has 0 aliphatic rings. The third kappa shape index (κ3) is 0.950. The Morgan fingerprint density at radius 3 is 1.83 bits per heavy atom. The Bertz CT molecular complexity index is 68.0. The van der Waals surface area contributed by atoms with Crippen LogP contribution in [0.15, 0.2) is 17.2 Å². The van der Waals surface area contributed by atoms with Crippen LogP contribution in [0.25, 0.3) is 0 Å². The van der Waals surface area contributed by atoms with Crippen LogP contribution < -0.4 is 0 Å². The molecule has 0 aliphatic carbocycles. The second-order valence-corrected chi connectivity index (χ2v) is 0.578. The maximum atomic E-state index is 4.36. The van der Waals surface area contributed by atoms with E-state index < -0.39 is 0 Å². The smallest absolute Gasteiger partial charge is 0.203 e. The third-order valence-corrected chi connectivity index (χ3v) is 0.283. The minimum absolute atomic E-state index is 0. The molecule has 0 fully saturated rings. The van der Waals surface area contributed by atoms with E-state index in [0.29, 0.717) is 0 Å². The number of hydrogen-bond acceptors (Lipinski definition) is 3. The number of aromatic nitrogens is 2. The molecule has 0 aliphatic heterocycles. The molecule has 0 amide bonds. The van der Waals surface area contributed by atoms with Crippen LogP contribution in [-0.4, -0.2) is 20.3 Å². The number of nitrogens with zero attached hydrogens (tertiary/aromatic N) is 2.